The number of amides is 1. The highest BCUT2D eigenvalue weighted by Gasteiger charge is 2.18. The minimum Gasteiger partial charge on any atom is -0.334 e. The first-order valence-corrected chi connectivity index (χ1v) is 9.51. The minimum absolute atomic E-state index is 0.147. The van der Waals surface area contributed by atoms with Gasteiger partial charge in [0.1, 0.15) is 12.4 Å². The molecule has 26 heavy (non-hydrogen) atoms. The standard InChI is InChI=1S/C16H19Br2N7O/c1-10-15(18)11(2)25(20-10)9-24-6-5-13(21-24)16(26)22(3)8-14-12(17)7-19-23(14)4/h5-7H,8-9H2,1-4H3. The third kappa shape index (κ3) is 3.61. The van der Waals surface area contributed by atoms with Gasteiger partial charge in [0.2, 0.25) is 0 Å². The first-order chi connectivity index (χ1) is 12.3. The summed E-state index contributed by atoms with van der Waals surface area (Å²) in [5.41, 5.74) is 3.26. The van der Waals surface area contributed by atoms with Crippen molar-refractivity contribution < 1.29 is 4.79 Å². The summed E-state index contributed by atoms with van der Waals surface area (Å²) in [7, 11) is 3.60. The van der Waals surface area contributed by atoms with Crippen LogP contribution in [0.5, 0.6) is 0 Å². The van der Waals surface area contributed by atoms with Crippen molar-refractivity contribution in [2.45, 2.75) is 27.1 Å². The van der Waals surface area contributed by atoms with Crippen LogP contribution >= 0.6 is 31.9 Å². The summed E-state index contributed by atoms with van der Waals surface area (Å²) in [4.78, 5) is 14.3. The molecule has 0 N–H and O–H groups in total. The molecule has 1 amide bonds. The molecule has 0 fully saturated rings. The zero-order valence-corrected chi connectivity index (χ0v) is 18.1. The minimum atomic E-state index is -0.147. The maximum atomic E-state index is 12.7. The zero-order chi connectivity index (χ0) is 19.0. The lowest BCUT2D eigenvalue weighted by Gasteiger charge is -2.16. The normalized spacial score (nSPS) is 11.2. The molecular weight excluding hydrogens is 466 g/mol. The number of hydrogen-bond donors (Lipinski definition) is 0. The average Bonchev–Trinajstić information content (AvgIpc) is 3.26. The molecule has 3 rings (SSSR count). The Labute approximate surface area is 168 Å². The van der Waals surface area contributed by atoms with Crippen LogP contribution in [0.1, 0.15) is 27.6 Å². The summed E-state index contributed by atoms with van der Waals surface area (Å²) in [6.07, 6.45) is 3.50. The van der Waals surface area contributed by atoms with Crippen molar-refractivity contribution >= 4 is 37.8 Å². The summed E-state index contributed by atoms with van der Waals surface area (Å²) in [5, 5.41) is 13.0. The van der Waals surface area contributed by atoms with E-state index >= 15 is 0 Å². The molecule has 0 radical (unpaired) electrons. The predicted molar refractivity (Wildman–Crippen MR) is 104 cm³/mol. The van der Waals surface area contributed by atoms with E-state index in [0.717, 1.165) is 26.0 Å². The van der Waals surface area contributed by atoms with E-state index in [-0.39, 0.29) is 5.91 Å². The smallest absolute Gasteiger partial charge is 0.274 e. The van der Waals surface area contributed by atoms with Gasteiger partial charge in [0.25, 0.3) is 5.91 Å². The predicted octanol–water partition coefficient (Wildman–Crippen LogP) is 2.73. The summed E-state index contributed by atoms with van der Waals surface area (Å²) >= 11 is 6.97. The number of carbonyl (C=O) groups excluding carboxylic acids is 1. The summed E-state index contributed by atoms with van der Waals surface area (Å²) in [5.74, 6) is -0.147. The molecule has 0 aliphatic carbocycles. The Balaban J connectivity index is 1.72. The molecule has 0 saturated heterocycles. The topological polar surface area (TPSA) is 73.8 Å². The second-order valence-corrected chi connectivity index (χ2v) is 7.74. The molecule has 3 heterocycles. The number of nitrogens with zero attached hydrogens (tertiary/aromatic N) is 7. The van der Waals surface area contributed by atoms with Gasteiger partial charge in [-0.1, -0.05) is 0 Å². The zero-order valence-electron chi connectivity index (χ0n) is 14.9. The molecule has 0 aliphatic rings. The second-order valence-electron chi connectivity index (χ2n) is 6.09. The van der Waals surface area contributed by atoms with Gasteiger partial charge in [-0.25, -0.2) is 4.68 Å². The quantitative estimate of drug-likeness (QED) is 0.558. The lowest BCUT2D eigenvalue weighted by atomic mass is 10.3. The van der Waals surface area contributed by atoms with E-state index in [0.29, 0.717) is 18.9 Å². The van der Waals surface area contributed by atoms with E-state index in [4.69, 9.17) is 0 Å². The lowest BCUT2D eigenvalue weighted by Crippen LogP contribution is -2.28. The van der Waals surface area contributed by atoms with Crippen LogP contribution in [-0.4, -0.2) is 47.2 Å². The van der Waals surface area contributed by atoms with Gasteiger partial charge < -0.3 is 4.90 Å². The Morgan fingerprint density at radius 1 is 1.27 bits per heavy atom. The van der Waals surface area contributed by atoms with Crippen LogP contribution < -0.4 is 0 Å². The molecule has 0 bridgehead atoms. The second kappa shape index (κ2) is 7.36. The molecule has 0 saturated carbocycles. The van der Waals surface area contributed by atoms with Gasteiger partial charge in [-0.15, -0.1) is 0 Å². The fourth-order valence-corrected chi connectivity index (χ4v) is 3.37. The SMILES string of the molecule is Cc1nn(Cn2ccc(C(=O)N(C)Cc3c(Br)cnn3C)n2)c(C)c1Br. The van der Waals surface area contributed by atoms with E-state index in [2.05, 4.69) is 47.2 Å². The van der Waals surface area contributed by atoms with Gasteiger partial charge in [-0.2, -0.15) is 15.3 Å². The van der Waals surface area contributed by atoms with Gasteiger partial charge in [-0.05, 0) is 51.8 Å². The van der Waals surface area contributed by atoms with Crippen LogP contribution in [0.2, 0.25) is 0 Å². The van der Waals surface area contributed by atoms with Crippen molar-refractivity contribution in [1.82, 2.24) is 34.2 Å². The fraction of sp³-hybridized carbons (Fsp3) is 0.375. The molecule has 0 atom stereocenters. The molecule has 0 unspecified atom stereocenters. The summed E-state index contributed by atoms with van der Waals surface area (Å²) < 4.78 is 7.15. The molecule has 3 aromatic rings. The lowest BCUT2D eigenvalue weighted by molar-refractivity contribution is 0.0774. The number of aromatic nitrogens is 6. The third-order valence-electron chi connectivity index (χ3n) is 4.18. The molecule has 0 aromatic carbocycles. The first-order valence-electron chi connectivity index (χ1n) is 7.92. The Bertz CT molecular complexity index is 937. The Morgan fingerprint density at radius 3 is 2.58 bits per heavy atom. The number of halogens is 2. The van der Waals surface area contributed by atoms with Gasteiger partial charge in [0.15, 0.2) is 0 Å². The average molecular weight is 485 g/mol. The fourth-order valence-electron chi connectivity index (χ4n) is 2.61. The summed E-state index contributed by atoms with van der Waals surface area (Å²) in [6.45, 7) is 4.81. The van der Waals surface area contributed by atoms with Crippen molar-refractivity contribution in [3.63, 3.8) is 0 Å². The Kier molecular flexibility index (Phi) is 5.33. The van der Waals surface area contributed by atoms with E-state index in [1.165, 1.54) is 0 Å². The maximum absolute atomic E-state index is 12.7. The van der Waals surface area contributed by atoms with Crippen LogP contribution in [-0.2, 0) is 20.3 Å². The number of aryl methyl sites for hydroxylation is 2. The van der Waals surface area contributed by atoms with Crippen molar-refractivity contribution in [3.8, 4) is 0 Å². The largest absolute Gasteiger partial charge is 0.334 e. The monoisotopic (exact) mass is 483 g/mol. The van der Waals surface area contributed by atoms with Crippen molar-refractivity contribution in [3.05, 3.63) is 50.2 Å². The van der Waals surface area contributed by atoms with Gasteiger partial charge >= 0.3 is 0 Å². The molecular formula is C16H19Br2N7O. The highest BCUT2D eigenvalue weighted by Crippen LogP contribution is 2.20. The van der Waals surface area contributed by atoms with E-state index in [9.17, 15) is 4.79 Å². The molecule has 0 aliphatic heterocycles. The maximum Gasteiger partial charge on any atom is 0.274 e. The molecule has 0 spiro atoms. The molecule has 138 valence electrons. The van der Waals surface area contributed by atoms with Gasteiger partial charge in [0, 0.05) is 20.3 Å². The number of rotatable bonds is 5. The van der Waals surface area contributed by atoms with Gasteiger partial charge in [0.05, 0.1) is 38.8 Å². The molecule has 10 heteroatoms. The van der Waals surface area contributed by atoms with E-state index in [1.807, 2.05) is 25.6 Å². The van der Waals surface area contributed by atoms with Crippen molar-refractivity contribution in [2.75, 3.05) is 7.05 Å². The number of hydrogen-bond acceptors (Lipinski definition) is 4. The van der Waals surface area contributed by atoms with Crippen LogP contribution in [0.25, 0.3) is 0 Å². The van der Waals surface area contributed by atoms with Crippen molar-refractivity contribution in [2.24, 2.45) is 7.05 Å². The van der Waals surface area contributed by atoms with Gasteiger partial charge in [-0.3, -0.25) is 14.2 Å². The van der Waals surface area contributed by atoms with Crippen LogP contribution in [0, 0.1) is 13.8 Å². The Hall–Kier alpha value is -1.94. The van der Waals surface area contributed by atoms with Crippen LogP contribution in [0.3, 0.4) is 0 Å². The highest BCUT2D eigenvalue weighted by atomic mass is 79.9. The highest BCUT2D eigenvalue weighted by molar-refractivity contribution is 9.10. The van der Waals surface area contributed by atoms with E-state index < -0.39 is 0 Å². The molecule has 3 aromatic heterocycles. The first kappa shape index (κ1) is 18.8. The van der Waals surface area contributed by atoms with Crippen LogP contribution in [0.4, 0.5) is 0 Å². The van der Waals surface area contributed by atoms with Crippen LogP contribution in [0.15, 0.2) is 27.4 Å². The summed E-state index contributed by atoms with van der Waals surface area (Å²) in [6, 6.07) is 1.72. The van der Waals surface area contributed by atoms with Crippen molar-refractivity contribution in [1.29, 1.82) is 0 Å². The van der Waals surface area contributed by atoms with E-state index in [1.54, 1.807) is 39.8 Å². The third-order valence-corrected chi connectivity index (χ3v) is 5.99. The molecule has 8 nitrogen and oxygen atoms in total. The Morgan fingerprint density at radius 2 is 2.00 bits per heavy atom. The number of carbonyl (C=O) groups is 1.